The molecule has 0 radical (unpaired) electrons. The smallest absolute Gasteiger partial charge is 0.269 e. The van der Waals surface area contributed by atoms with E-state index in [0.717, 1.165) is 17.7 Å². The number of aromatic nitrogens is 2. The third kappa shape index (κ3) is 3.67. The number of nitro groups is 1. The van der Waals surface area contributed by atoms with E-state index >= 15 is 0 Å². The summed E-state index contributed by atoms with van der Waals surface area (Å²) in [5.41, 5.74) is 8.63. The molecule has 9 heteroatoms. The lowest BCUT2D eigenvalue weighted by atomic mass is 9.83. The van der Waals surface area contributed by atoms with Gasteiger partial charge in [0.1, 0.15) is 17.4 Å². The molecule has 156 valence electrons. The van der Waals surface area contributed by atoms with Gasteiger partial charge in [0, 0.05) is 17.7 Å². The van der Waals surface area contributed by atoms with Crippen molar-refractivity contribution in [3.8, 4) is 29.0 Å². The van der Waals surface area contributed by atoms with E-state index in [1.54, 1.807) is 12.1 Å². The Morgan fingerprint density at radius 1 is 1.32 bits per heavy atom. The Balaban J connectivity index is 1.83. The number of hydrogen-bond acceptors (Lipinski definition) is 7. The molecule has 0 bridgehead atoms. The second-order valence-electron chi connectivity index (χ2n) is 6.97. The summed E-state index contributed by atoms with van der Waals surface area (Å²) < 4.78 is 11.2. The van der Waals surface area contributed by atoms with Crippen LogP contribution >= 0.6 is 0 Å². The Morgan fingerprint density at radius 3 is 2.77 bits per heavy atom. The highest BCUT2D eigenvalue weighted by Crippen LogP contribution is 2.46. The maximum atomic E-state index is 11.3. The Bertz CT molecular complexity index is 1210. The molecule has 1 aliphatic rings. The summed E-state index contributed by atoms with van der Waals surface area (Å²) in [6.45, 7) is 2.66. The molecular formula is C22H19N5O4. The summed E-state index contributed by atoms with van der Waals surface area (Å²) in [5.74, 6) is 0.230. The third-order valence-corrected chi connectivity index (χ3v) is 4.97. The number of nitriles is 1. The first-order chi connectivity index (χ1) is 15.0. The topological polar surface area (TPSA) is 140 Å². The van der Waals surface area contributed by atoms with Crippen molar-refractivity contribution < 1.29 is 14.4 Å². The highest BCUT2D eigenvalue weighted by atomic mass is 16.6. The number of nitrogens with one attached hydrogen (secondary N) is 1. The molecule has 4 rings (SSSR count). The predicted octanol–water partition coefficient (Wildman–Crippen LogP) is 3.99. The van der Waals surface area contributed by atoms with E-state index in [1.165, 1.54) is 12.1 Å². The number of fused-ring (bicyclic) bond motifs is 1. The number of ether oxygens (including phenoxy) is 2. The second-order valence-corrected chi connectivity index (χ2v) is 6.97. The van der Waals surface area contributed by atoms with Crippen LogP contribution in [0.4, 0.5) is 5.69 Å². The Labute approximate surface area is 177 Å². The fourth-order valence-electron chi connectivity index (χ4n) is 3.55. The maximum absolute atomic E-state index is 11.3. The van der Waals surface area contributed by atoms with Crippen LogP contribution in [0, 0.1) is 21.4 Å². The number of hydrogen-bond donors (Lipinski definition) is 2. The molecule has 1 atom stereocenters. The number of aromatic amines is 1. The van der Waals surface area contributed by atoms with E-state index in [1.807, 2.05) is 31.2 Å². The molecule has 0 unspecified atom stereocenters. The normalized spacial score (nSPS) is 15.0. The zero-order valence-electron chi connectivity index (χ0n) is 16.7. The van der Waals surface area contributed by atoms with Gasteiger partial charge in [0.25, 0.3) is 5.69 Å². The van der Waals surface area contributed by atoms with Gasteiger partial charge in [-0.25, -0.2) is 0 Å². The summed E-state index contributed by atoms with van der Waals surface area (Å²) in [5, 5.41) is 28.2. The van der Waals surface area contributed by atoms with Gasteiger partial charge >= 0.3 is 0 Å². The second kappa shape index (κ2) is 8.20. The minimum absolute atomic E-state index is 0.0760. The van der Waals surface area contributed by atoms with Crippen LogP contribution in [0.25, 0.3) is 11.3 Å². The van der Waals surface area contributed by atoms with Crippen molar-refractivity contribution in [3.05, 3.63) is 81.2 Å². The summed E-state index contributed by atoms with van der Waals surface area (Å²) in [6.07, 6.45) is 0.905. The maximum Gasteiger partial charge on any atom is 0.269 e. The molecule has 2 heterocycles. The number of nitrogens with two attached hydrogens (primary N) is 1. The van der Waals surface area contributed by atoms with Crippen molar-refractivity contribution >= 4 is 5.69 Å². The molecule has 1 aromatic heterocycles. The molecule has 1 aliphatic heterocycles. The minimum atomic E-state index is -0.668. The lowest BCUT2D eigenvalue weighted by Crippen LogP contribution is -2.21. The van der Waals surface area contributed by atoms with Crippen LogP contribution in [0.2, 0.25) is 0 Å². The number of benzene rings is 2. The molecule has 3 aromatic rings. The van der Waals surface area contributed by atoms with Gasteiger partial charge in [-0.15, -0.1) is 5.10 Å². The van der Waals surface area contributed by atoms with Crippen LogP contribution in [0.3, 0.4) is 0 Å². The van der Waals surface area contributed by atoms with Gasteiger partial charge in [-0.1, -0.05) is 19.1 Å². The van der Waals surface area contributed by atoms with Crippen LogP contribution in [0.15, 0.2) is 60.0 Å². The number of non-ortho nitro benzene ring substituents is 1. The van der Waals surface area contributed by atoms with Gasteiger partial charge < -0.3 is 15.2 Å². The number of nitro benzene ring substituents is 1. The molecule has 0 saturated heterocycles. The quantitative estimate of drug-likeness (QED) is 0.456. The molecule has 9 nitrogen and oxygen atoms in total. The fraction of sp³-hybridized carbons (Fsp3) is 0.182. The molecule has 0 amide bonds. The molecule has 0 aliphatic carbocycles. The monoisotopic (exact) mass is 417 g/mol. The average Bonchev–Trinajstić information content (AvgIpc) is 3.20. The first-order valence-electron chi connectivity index (χ1n) is 9.67. The van der Waals surface area contributed by atoms with Crippen molar-refractivity contribution in [2.24, 2.45) is 5.73 Å². The van der Waals surface area contributed by atoms with E-state index in [0.29, 0.717) is 23.4 Å². The van der Waals surface area contributed by atoms with Crippen LogP contribution in [-0.2, 0) is 0 Å². The van der Waals surface area contributed by atoms with Crippen molar-refractivity contribution in [1.82, 2.24) is 10.2 Å². The van der Waals surface area contributed by atoms with Gasteiger partial charge in [-0.3, -0.25) is 15.2 Å². The van der Waals surface area contributed by atoms with E-state index in [9.17, 15) is 15.4 Å². The standard InChI is InChI=1S/C22H19N5O4/c1-2-10-30-16-8-6-13(7-9-16)20-19-18(14-4-3-5-15(11-14)27(28)29)17(12-23)21(24)31-22(19)26-25-20/h3-9,11,18H,2,10,24H2,1H3,(H,25,26)/t18-/m0/s1. The summed E-state index contributed by atoms with van der Waals surface area (Å²) in [4.78, 5) is 10.8. The predicted molar refractivity (Wildman–Crippen MR) is 112 cm³/mol. The van der Waals surface area contributed by atoms with E-state index in [4.69, 9.17) is 15.2 Å². The van der Waals surface area contributed by atoms with Gasteiger partial charge in [-0.05, 0) is 36.2 Å². The van der Waals surface area contributed by atoms with Crippen molar-refractivity contribution in [2.75, 3.05) is 6.61 Å². The van der Waals surface area contributed by atoms with Gasteiger partial charge in [0.15, 0.2) is 0 Å². The minimum Gasteiger partial charge on any atom is -0.494 e. The average molecular weight is 417 g/mol. The van der Waals surface area contributed by atoms with E-state index in [-0.39, 0.29) is 23.0 Å². The number of allylic oxidation sites excluding steroid dienone is 1. The van der Waals surface area contributed by atoms with Gasteiger partial charge in [0.05, 0.1) is 28.7 Å². The lowest BCUT2D eigenvalue weighted by Gasteiger charge is -2.24. The van der Waals surface area contributed by atoms with E-state index in [2.05, 4.69) is 16.3 Å². The fourth-order valence-corrected chi connectivity index (χ4v) is 3.55. The van der Waals surface area contributed by atoms with Crippen LogP contribution in [0.5, 0.6) is 11.6 Å². The SMILES string of the molecule is CCCOc1ccc(-c2[nH]nc3c2[C@@H](c2cccc([N+](=O)[O-])c2)C(C#N)=C(N)O3)cc1. The largest absolute Gasteiger partial charge is 0.494 e. The zero-order chi connectivity index (χ0) is 22.0. The third-order valence-electron chi connectivity index (χ3n) is 4.97. The molecule has 3 N–H and O–H groups in total. The zero-order valence-corrected chi connectivity index (χ0v) is 16.7. The number of nitrogens with zero attached hydrogens (tertiary/aromatic N) is 3. The van der Waals surface area contributed by atoms with Gasteiger partial charge in [0.2, 0.25) is 11.8 Å². The van der Waals surface area contributed by atoms with Crippen LogP contribution in [-0.4, -0.2) is 21.7 Å². The molecule has 0 fully saturated rings. The van der Waals surface area contributed by atoms with E-state index < -0.39 is 10.8 Å². The molecule has 31 heavy (non-hydrogen) atoms. The Kier molecular flexibility index (Phi) is 5.28. The molecule has 0 spiro atoms. The van der Waals surface area contributed by atoms with Crippen molar-refractivity contribution in [3.63, 3.8) is 0 Å². The molecule has 0 saturated carbocycles. The highest BCUT2D eigenvalue weighted by Gasteiger charge is 2.36. The summed E-state index contributed by atoms with van der Waals surface area (Å²) >= 11 is 0. The van der Waals surface area contributed by atoms with Crippen LogP contribution in [0.1, 0.15) is 30.4 Å². The Morgan fingerprint density at radius 2 is 2.10 bits per heavy atom. The number of rotatable bonds is 6. The summed E-state index contributed by atoms with van der Waals surface area (Å²) in [6, 6.07) is 15.7. The highest BCUT2D eigenvalue weighted by molar-refractivity contribution is 5.71. The molecule has 2 aromatic carbocycles. The van der Waals surface area contributed by atoms with Crippen molar-refractivity contribution in [1.29, 1.82) is 5.26 Å². The first kappa shape index (κ1) is 20.0. The number of H-pyrrole nitrogens is 1. The Hall–Kier alpha value is -4.32. The van der Waals surface area contributed by atoms with Gasteiger partial charge in [-0.2, -0.15) is 5.26 Å². The molecular weight excluding hydrogens is 398 g/mol. The van der Waals surface area contributed by atoms with Crippen LogP contribution < -0.4 is 15.2 Å². The summed E-state index contributed by atoms with van der Waals surface area (Å²) in [7, 11) is 0. The van der Waals surface area contributed by atoms with Crippen molar-refractivity contribution in [2.45, 2.75) is 19.3 Å². The lowest BCUT2D eigenvalue weighted by molar-refractivity contribution is -0.384. The first-order valence-corrected chi connectivity index (χ1v) is 9.67.